The van der Waals surface area contributed by atoms with Gasteiger partial charge in [0, 0.05) is 37.4 Å². The third kappa shape index (κ3) is 4.22. The highest BCUT2D eigenvalue weighted by molar-refractivity contribution is 6.31. The first-order valence-electron chi connectivity index (χ1n) is 8.90. The van der Waals surface area contributed by atoms with E-state index in [1.807, 2.05) is 0 Å². The van der Waals surface area contributed by atoms with Gasteiger partial charge in [0.2, 0.25) is 5.91 Å². The van der Waals surface area contributed by atoms with Crippen LogP contribution in [0.3, 0.4) is 0 Å². The number of ether oxygens (including phenoxy) is 1. The quantitative estimate of drug-likeness (QED) is 0.725. The van der Waals surface area contributed by atoms with Crippen molar-refractivity contribution in [3.05, 3.63) is 50.9 Å². The van der Waals surface area contributed by atoms with Crippen molar-refractivity contribution in [2.24, 2.45) is 0 Å². The van der Waals surface area contributed by atoms with Gasteiger partial charge in [-0.05, 0) is 31.4 Å². The lowest BCUT2D eigenvalue weighted by Gasteiger charge is -2.21. The summed E-state index contributed by atoms with van der Waals surface area (Å²) in [6.45, 7) is 1.48. The first kappa shape index (κ1) is 19.6. The van der Waals surface area contributed by atoms with Crippen LogP contribution in [0.15, 0.2) is 23.0 Å². The topological polar surface area (TPSA) is 78.2 Å². The number of nitrogens with one attached hydrogen (secondary N) is 1. The summed E-state index contributed by atoms with van der Waals surface area (Å²) in [5.74, 6) is -0.727. The summed E-state index contributed by atoms with van der Waals surface area (Å²) >= 11 is 6.06. The number of benzene rings is 1. The molecule has 3 rings (SSSR count). The molecule has 1 amide bonds. The first-order valence-corrected chi connectivity index (χ1v) is 9.27. The second-order valence-electron chi connectivity index (χ2n) is 6.48. The van der Waals surface area contributed by atoms with Crippen LogP contribution in [0.2, 0.25) is 5.02 Å². The number of carbonyl (C=O) groups is 1. The number of carbonyl (C=O) groups excluding carboxylic acids is 1. The maximum absolute atomic E-state index is 14.0. The van der Waals surface area contributed by atoms with Crippen LogP contribution in [0.4, 0.5) is 4.39 Å². The number of amides is 1. The van der Waals surface area contributed by atoms with Gasteiger partial charge in [0.25, 0.3) is 0 Å². The molecule has 1 N–H and O–H groups in total. The Morgan fingerprint density at radius 3 is 3.04 bits per heavy atom. The van der Waals surface area contributed by atoms with Crippen molar-refractivity contribution in [2.75, 3.05) is 20.3 Å². The molecule has 0 radical (unpaired) electrons. The highest BCUT2D eigenvalue weighted by Gasteiger charge is 2.31. The average Bonchev–Trinajstić information content (AvgIpc) is 2.98. The number of rotatable bonds is 7. The van der Waals surface area contributed by atoms with Gasteiger partial charge in [-0.1, -0.05) is 17.7 Å². The fourth-order valence-electron chi connectivity index (χ4n) is 3.24. The highest BCUT2D eigenvalue weighted by Crippen LogP contribution is 2.25. The van der Waals surface area contributed by atoms with Crippen LogP contribution < -0.4 is 11.0 Å². The second-order valence-corrected chi connectivity index (χ2v) is 6.89. The minimum Gasteiger partial charge on any atom is -0.385 e. The molecule has 0 spiro atoms. The number of hydrogen-bond donors (Lipinski definition) is 1. The summed E-state index contributed by atoms with van der Waals surface area (Å²) in [6.07, 6.45) is 2.03. The molecule has 1 aromatic carbocycles. The van der Waals surface area contributed by atoms with Gasteiger partial charge in [0.15, 0.2) is 0 Å². The van der Waals surface area contributed by atoms with Gasteiger partial charge >= 0.3 is 5.69 Å². The predicted molar refractivity (Wildman–Crippen MR) is 98.5 cm³/mol. The van der Waals surface area contributed by atoms with E-state index in [0.717, 1.165) is 0 Å². The SMILES string of the molecule is COCCCNC(=O)C1CCCn2c1nn(Cc1c(F)cccc1Cl)c2=O. The van der Waals surface area contributed by atoms with Gasteiger partial charge < -0.3 is 10.1 Å². The Morgan fingerprint density at radius 1 is 1.48 bits per heavy atom. The number of fused-ring (bicyclic) bond motifs is 1. The van der Waals surface area contributed by atoms with Crippen molar-refractivity contribution in [3.63, 3.8) is 0 Å². The van der Waals surface area contributed by atoms with Gasteiger partial charge in [-0.2, -0.15) is 5.10 Å². The normalized spacial score (nSPS) is 16.2. The van der Waals surface area contributed by atoms with E-state index in [9.17, 15) is 14.0 Å². The molecular formula is C18H22ClFN4O3. The number of hydrogen-bond acceptors (Lipinski definition) is 4. The van der Waals surface area contributed by atoms with E-state index in [1.54, 1.807) is 13.2 Å². The predicted octanol–water partition coefficient (Wildman–Crippen LogP) is 1.92. The zero-order valence-electron chi connectivity index (χ0n) is 15.1. The van der Waals surface area contributed by atoms with E-state index in [2.05, 4.69) is 10.4 Å². The van der Waals surface area contributed by atoms with E-state index in [4.69, 9.17) is 16.3 Å². The molecule has 0 saturated carbocycles. The van der Waals surface area contributed by atoms with Crippen LogP contribution in [0.25, 0.3) is 0 Å². The third-order valence-electron chi connectivity index (χ3n) is 4.65. The summed E-state index contributed by atoms with van der Waals surface area (Å²) in [6, 6.07) is 4.36. The van der Waals surface area contributed by atoms with Crippen molar-refractivity contribution in [1.82, 2.24) is 19.7 Å². The van der Waals surface area contributed by atoms with Gasteiger partial charge in [0.1, 0.15) is 11.6 Å². The molecule has 7 nitrogen and oxygen atoms in total. The number of aromatic nitrogens is 3. The zero-order chi connectivity index (χ0) is 19.4. The van der Waals surface area contributed by atoms with Crippen LogP contribution in [-0.2, 0) is 22.6 Å². The largest absolute Gasteiger partial charge is 0.385 e. The average molecular weight is 397 g/mol. The molecular weight excluding hydrogens is 375 g/mol. The van der Waals surface area contributed by atoms with Crippen molar-refractivity contribution >= 4 is 17.5 Å². The molecule has 0 bridgehead atoms. The Labute approximate surface area is 161 Å². The lowest BCUT2D eigenvalue weighted by molar-refractivity contribution is -0.123. The van der Waals surface area contributed by atoms with Crippen molar-refractivity contribution in [1.29, 1.82) is 0 Å². The maximum atomic E-state index is 14.0. The summed E-state index contributed by atoms with van der Waals surface area (Å²) in [4.78, 5) is 25.2. The smallest absolute Gasteiger partial charge is 0.346 e. The van der Waals surface area contributed by atoms with Crippen molar-refractivity contribution in [3.8, 4) is 0 Å². The molecule has 1 atom stereocenters. The second kappa shape index (κ2) is 8.67. The van der Waals surface area contributed by atoms with E-state index in [0.29, 0.717) is 44.8 Å². The minimum atomic E-state index is -0.494. The Kier molecular flexibility index (Phi) is 6.28. The Hall–Kier alpha value is -2.19. The molecule has 1 aliphatic heterocycles. The van der Waals surface area contributed by atoms with Crippen LogP contribution in [-0.4, -0.2) is 40.5 Å². The fraction of sp³-hybridized carbons (Fsp3) is 0.500. The lowest BCUT2D eigenvalue weighted by Crippen LogP contribution is -2.35. The fourth-order valence-corrected chi connectivity index (χ4v) is 3.47. The Bertz CT molecular complexity index is 860. The van der Waals surface area contributed by atoms with Gasteiger partial charge in [-0.15, -0.1) is 0 Å². The summed E-state index contributed by atoms with van der Waals surface area (Å²) in [7, 11) is 1.61. The van der Waals surface area contributed by atoms with E-state index in [1.165, 1.54) is 21.4 Å². The molecule has 2 heterocycles. The first-order chi connectivity index (χ1) is 13.0. The molecule has 1 aliphatic rings. The highest BCUT2D eigenvalue weighted by atomic mass is 35.5. The zero-order valence-corrected chi connectivity index (χ0v) is 15.8. The van der Waals surface area contributed by atoms with E-state index >= 15 is 0 Å². The molecule has 1 unspecified atom stereocenters. The Balaban J connectivity index is 1.82. The van der Waals surface area contributed by atoms with Gasteiger partial charge in [-0.3, -0.25) is 9.36 Å². The third-order valence-corrected chi connectivity index (χ3v) is 5.00. The van der Waals surface area contributed by atoms with Gasteiger partial charge in [-0.25, -0.2) is 13.9 Å². The number of methoxy groups -OCH3 is 1. The summed E-state index contributed by atoms with van der Waals surface area (Å²) in [5.41, 5.74) is -0.154. The molecule has 0 saturated heterocycles. The Morgan fingerprint density at radius 2 is 2.30 bits per heavy atom. The van der Waals surface area contributed by atoms with Gasteiger partial charge in [0.05, 0.1) is 12.5 Å². The molecule has 146 valence electrons. The lowest BCUT2D eigenvalue weighted by atomic mass is 9.98. The molecule has 27 heavy (non-hydrogen) atoms. The minimum absolute atomic E-state index is 0.0769. The molecule has 9 heteroatoms. The molecule has 0 aliphatic carbocycles. The van der Waals surface area contributed by atoms with Crippen molar-refractivity contribution in [2.45, 2.75) is 38.3 Å². The standard InChI is InChI=1S/C18H22ClFN4O3/c1-27-10-4-8-21-17(25)12-5-3-9-23-16(12)22-24(18(23)26)11-13-14(19)6-2-7-15(13)20/h2,6-7,12H,3-5,8-11H2,1H3,(H,21,25). The van der Waals surface area contributed by atoms with Crippen LogP contribution in [0.5, 0.6) is 0 Å². The summed E-state index contributed by atoms with van der Waals surface area (Å²) < 4.78 is 21.7. The molecule has 0 fully saturated rings. The monoisotopic (exact) mass is 396 g/mol. The van der Waals surface area contributed by atoms with Crippen LogP contribution in [0, 0.1) is 5.82 Å². The number of halogens is 2. The molecule has 2 aromatic rings. The van der Waals surface area contributed by atoms with E-state index in [-0.39, 0.29) is 28.7 Å². The van der Waals surface area contributed by atoms with Crippen LogP contribution in [0.1, 0.15) is 36.6 Å². The maximum Gasteiger partial charge on any atom is 0.346 e. The van der Waals surface area contributed by atoms with E-state index < -0.39 is 11.7 Å². The number of nitrogens with zero attached hydrogens (tertiary/aromatic N) is 3. The molecule has 1 aromatic heterocycles. The van der Waals surface area contributed by atoms with Crippen LogP contribution >= 0.6 is 11.6 Å². The summed E-state index contributed by atoms with van der Waals surface area (Å²) in [5, 5.41) is 7.43. The van der Waals surface area contributed by atoms with Crippen molar-refractivity contribution < 1.29 is 13.9 Å².